The summed E-state index contributed by atoms with van der Waals surface area (Å²) in [7, 11) is 0. The van der Waals surface area contributed by atoms with Gasteiger partial charge in [0.25, 0.3) is 0 Å². The highest BCUT2D eigenvalue weighted by molar-refractivity contribution is 5.39. The SMILES string of the molecule is CC1(C)CCCc2c1nc1n2CCCN1. The molecule has 1 aliphatic heterocycles. The van der Waals surface area contributed by atoms with Crippen LogP contribution in [0.1, 0.15) is 44.5 Å². The highest BCUT2D eigenvalue weighted by Crippen LogP contribution is 2.38. The van der Waals surface area contributed by atoms with Crippen LogP contribution in [0.2, 0.25) is 0 Å². The molecule has 0 saturated heterocycles. The van der Waals surface area contributed by atoms with E-state index in [4.69, 9.17) is 4.98 Å². The minimum absolute atomic E-state index is 0.277. The van der Waals surface area contributed by atoms with E-state index in [-0.39, 0.29) is 5.41 Å². The molecule has 1 aromatic heterocycles. The molecule has 82 valence electrons. The average Bonchev–Trinajstić information content (AvgIpc) is 2.58. The second-order valence-corrected chi connectivity index (χ2v) is 5.40. The van der Waals surface area contributed by atoms with Crippen molar-refractivity contribution in [3.05, 3.63) is 11.4 Å². The van der Waals surface area contributed by atoms with Crippen molar-refractivity contribution in [2.75, 3.05) is 11.9 Å². The van der Waals surface area contributed by atoms with Gasteiger partial charge in [0.15, 0.2) is 0 Å². The third-order valence-corrected chi connectivity index (χ3v) is 3.77. The third kappa shape index (κ3) is 1.29. The first kappa shape index (κ1) is 9.25. The lowest BCUT2D eigenvalue weighted by Crippen LogP contribution is -2.25. The van der Waals surface area contributed by atoms with E-state index in [2.05, 4.69) is 23.7 Å². The van der Waals surface area contributed by atoms with Crippen LogP contribution in [0.3, 0.4) is 0 Å². The largest absolute Gasteiger partial charge is 0.356 e. The summed E-state index contributed by atoms with van der Waals surface area (Å²) in [5, 5.41) is 3.41. The van der Waals surface area contributed by atoms with Crippen LogP contribution >= 0.6 is 0 Å². The normalized spacial score (nSPS) is 22.8. The molecule has 0 bridgehead atoms. The zero-order chi connectivity index (χ0) is 10.5. The van der Waals surface area contributed by atoms with Gasteiger partial charge in [0.05, 0.1) is 5.69 Å². The van der Waals surface area contributed by atoms with Gasteiger partial charge in [-0.05, 0) is 25.7 Å². The predicted octanol–water partition coefficient (Wildman–Crippen LogP) is 2.31. The number of rotatable bonds is 0. The molecule has 0 atom stereocenters. The summed E-state index contributed by atoms with van der Waals surface area (Å²) in [6, 6.07) is 0. The van der Waals surface area contributed by atoms with Crippen molar-refractivity contribution >= 4 is 5.95 Å². The Morgan fingerprint density at radius 2 is 2.20 bits per heavy atom. The molecule has 3 nitrogen and oxygen atoms in total. The summed E-state index contributed by atoms with van der Waals surface area (Å²) in [5.41, 5.74) is 3.12. The summed E-state index contributed by atoms with van der Waals surface area (Å²) in [6.07, 6.45) is 5.03. The Bertz CT molecular complexity index is 390. The number of fused-ring (bicyclic) bond motifs is 3. The third-order valence-electron chi connectivity index (χ3n) is 3.77. The fraction of sp³-hybridized carbons (Fsp3) is 0.750. The molecule has 0 spiro atoms. The van der Waals surface area contributed by atoms with Crippen LogP contribution in [-0.2, 0) is 18.4 Å². The van der Waals surface area contributed by atoms with Crippen molar-refractivity contribution in [3.8, 4) is 0 Å². The van der Waals surface area contributed by atoms with Crippen molar-refractivity contribution in [2.24, 2.45) is 0 Å². The van der Waals surface area contributed by atoms with Gasteiger partial charge in [-0.1, -0.05) is 13.8 Å². The molecule has 0 aromatic carbocycles. The molecule has 2 heterocycles. The molecule has 0 fully saturated rings. The minimum Gasteiger partial charge on any atom is -0.356 e. The molecule has 0 amide bonds. The van der Waals surface area contributed by atoms with E-state index in [1.807, 2.05) is 0 Å². The molecule has 3 rings (SSSR count). The monoisotopic (exact) mass is 205 g/mol. The van der Waals surface area contributed by atoms with Crippen LogP contribution in [0.4, 0.5) is 5.95 Å². The van der Waals surface area contributed by atoms with Crippen molar-refractivity contribution in [1.82, 2.24) is 9.55 Å². The zero-order valence-electron chi connectivity index (χ0n) is 9.64. The number of hydrogen-bond donors (Lipinski definition) is 1. The molecule has 3 heteroatoms. The van der Waals surface area contributed by atoms with Crippen LogP contribution in [0, 0.1) is 0 Å². The predicted molar refractivity (Wildman–Crippen MR) is 61.3 cm³/mol. The summed E-state index contributed by atoms with van der Waals surface area (Å²) in [4.78, 5) is 4.80. The molecular formula is C12H19N3. The number of nitrogens with zero attached hydrogens (tertiary/aromatic N) is 2. The first-order chi connectivity index (χ1) is 7.18. The molecule has 1 N–H and O–H groups in total. The van der Waals surface area contributed by atoms with Gasteiger partial charge in [0, 0.05) is 24.2 Å². The van der Waals surface area contributed by atoms with E-state index in [0.29, 0.717) is 0 Å². The maximum absolute atomic E-state index is 4.80. The maximum Gasteiger partial charge on any atom is 0.203 e. The Morgan fingerprint density at radius 3 is 3.07 bits per heavy atom. The van der Waals surface area contributed by atoms with Crippen molar-refractivity contribution in [2.45, 2.75) is 51.5 Å². The first-order valence-corrected chi connectivity index (χ1v) is 6.02. The van der Waals surface area contributed by atoms with Gasteiger partial charge in [-0.25, -0.2) is 4.98 Å². The maximum atomic E-state index is 4.80. The summed E-state index contributed by atoms with van der Waals surface area (Å²) >= 11 is 0. The highest BCUT2D eigenvalue weighted by atomic mass is 15.2. The van der Waals surface area contributed by atoms with Gasteiger partial charge in [-0.2, -0.15) is 0 Å². The zero-order valence-corrected chi connectivity index (χ0v) is 9.64. The topological polar surface area (TPSA) is 29.9 Å². The van der Waals surface area contributed by atoms with E-state index in [1.165, 1.54) is 37.1 Å². The summed E-state index contributed by atoms with van der Waals surface area (Å²) < 4.78 is 2.40. The van der Waals surface area contributed by atoms with E-state index in [9.17, 15) is 0 Å². The van der Waals surface area contributed by atoms with Crippen LogP contribution in [0.25, 0.3) is 0 Å². The van der Waals surface area contributed by atoms with Crippen LogP contribution < -0.4 is 5.32 Å². The summed E-state index contributed by atoms with van der Waals surface area (Å²) in [5.74, 6) is 1.11. The molecule has 1 aromatic rings. The highest BCUT2D eigenvalue weighted by Gasteiger charge is 2.33. The van der Waals surface area contributed by atoms with E-state index in [0.717, 1.165) is 19.0 Å². The molecule has 15 heavy (non-hydrogen) atoms. The molecular weight excluding hydrogens is 186 g/mol. The lowest BCUT2D eigenvalue weighted by molar-refractivity contribution is 0.412. The van der Waals surface area contributed by atoms with E-state index >= 15 is 0 Å². The Labute approximate surface area is 90.9 Å². The Balaban J connectivity index is 2.14. The Morgan fingerprint density at radius 1 is 1.33 bits per heavy atom. The Hall–Kier alpha value is -0.990. The van der Waals surface area contributed by atoms with Crippen molar-refractivity contribution in [3.63, 3.8) is 0 Å². The standard InChI is InChI=1S/C12H19N3/c1-12(2)6-3-5-9-10(12)14-11-13-7-4-8-15(9)11/h3-8H2,1-2H3,(H,13,14). The van der Waals surface area contributed by atoms with Crippen molar-refractivity contribution in [1.29, 1.82) is 0 Å². The van der Waals surface area contributed by atoms with Gasteiger partial charge < -0.3 is 9.88 Å². The molecule has 0 saturated carbocycles. The van der Waals surface area contributed by atoms with Gasteiger partial charge in [-0.3, -0.25) is 0 Å². The fourth-order valence-corrected chi connectivity index (χ4v) is 2.91. The number of nitrogens with one attached hydrogen (secondary N) is 1. The second kappa shape index (κ2) is 3.00. The quantitative estimate of drug-likeness (QED) is 0.704. The summed E-state index contributed by atoms with van der Waals surface area (Å²) in [6.45, 7) is 6.88. The van der Waals surface area contributed by atoms with E-state index < -0.39 is 0 Å². The van der Waals surface area contributed by atoms with Gasteiger partial charge in [0.2, 0.25) is 5.95 Å². The van der Waals surface area contributed by atoms with Crippen LogP contribution in [0.5, 0.6) is 0 Å². The number of anilines is 1. The van der Waals surface area contributed by atoms with Gasteiger partial charge in [-0.15, -0.1) is 0 Å². The lowest BCUT2D eigenvalue weighted by atomic mass is 9.78. The molecule has 0 radical (unpaired) electrons. The molecule has 2 aliphatic rings. The second-order valence-electron chi connectivity index (χ2n) is 5.40. The molecule has 0 unspecified atom stereocenters. The lowest BCUT2D eigenvalue weighted by Gasteiger charge is -2.29. The Kier molecular flexibility index (Phi) is 1.85. The first-order valence-electron chi connectivity index (χ1n) is 6.02. The average molecular weight is 205 g/mol. The minimum atomic E-state index is 0.277. The number of imidazole rings is 1. The van der Waals surface area contributed by atoms with Crippen LogP contribution in [0.15, 0.2) is 0 Å². The van der Waals surface area contributed by atoms with Gasteiger partial charge in [0.1, 0.15) is 0 Å². The van der Waals surface area contributed by atoms with Gasteiger partial charge >= 0.3 is 0 Å². The fourth-order valence-electron chi connectivity index (χ4n) is 2.91. The van der Waals surface area contributed by atoms with Crippen LogP contribution in [-0.4, -0.2) is 16.1 Å². The number of hydrogen-bond acceptors (Lipinski definition) is 2. The number of aromatic nitrogens is 2. The van der Waals surface area contributed by atoms with E-state index in [1.54, 1.807) is 0 Å². The van der Waals surface area contributed by atoms with Crippen molar-refractivity contribution < 1.29 is 0 Å². The molecule has 1 aliphatic carbocycles. The smallest absolute Gasteiger partial charge is 0.203 e.